The highest BCUT2D eigenvalue weighted by atomic mass is 32.2. The average molecular weight is 560 g/mol. The number of nitrogens with zero attached hydrogens (tertiary/aromatic N) is 2. The highest BCUT2D eigenvalue weighted by Gasteiger charge is 2.27. The lowest BCUT2D eigenvalue weighted by molar-refractivity contribution is -0.115. The maximum absolute atomic E-state index is 13.5. The fourth-order valence-corrected chi connectivity index (χ4v) is 4.69. The number of hydrogen-bond donors (Lipinski definition) is 3. The molecular weight excluding hydrogens is 534 g/mol. The molecular formula is C28H25N5O6S. The van der Waals surface area contributed by atoms with Crippen molar-refractivity contribution in [2.75, 3.05) is 21.6 Å². The Balaban J connectivity index is 1.40. The molecule has 0 unspecified atom stereocenters. The number of sulfonamides is 1. The molecule has 11 nitrogen and oxygen atoms in total. The van der Waals surface area contributed by atoms with E-state index >= 15 is 0 Å². The first-order chi connectivity index (χ1) is 19.2. The van der Waals surface area contributed by atoms with Crippen molar-refractivity contribution in [1.29, 1.82) is 0 Å². The number of carbonyl (C=O) groups excluding carboxylic acids is 3. The molecule has 3 amide bonds. The van der Waals surface area contributed by atoms with Gasteiger partial charge in [-0.05, 0) is 60.7 Å². The van der Waals surface area contributed by atoms with Gasteiger partial charge in [0, 0.05) is 12.5 Å². The molecule has 0 aliphatic rings. The van der Waals surface area contributed by atoms with Crippen LogP contribution in [0.1, 0.15) is 17.3 Å². The van der Waals surface area contributed by atoms with Crippen LogP contribution < -0.4 is 25.3 Å². The van der Waals surface area contributed by atoms with Crippen LogP contribution in [0.5, 0.6) is 5.75 Å². The Labute approximate surface area is 230 Å². The van der Waals surface area contributed by atoms with Gasteiger partial charge < -0.3 is 20.8 Å². The first-order valence-electron chi connectivity index (χ1n) is 12.0. The summed E-state index contributed by atoms with van der Waals surface area (Å²) >= 11 is 0. The van der Waals surface area contributed by atoms with Gasteiger partial charge in [-0.15, -0.1) is 0 Å². The Hall–Kier alpha value is -5.23. The first kappa shape index (κ1) is 27.8. The molecule has 0 atom stereocenters. The molecule has 40 heavy (non-hydrogen) atoms. The summed E-state index contributed by atoms with van der Waals surface area (Å²) < 4.78 is 27.8. The molecule has 12 heteroatoms. The van der Waals surface area contributed by atoms with E-state index in [2.05, 4.69) is 20.9 Å². The number of benzene rings is 3. The summed E-state index contributed by atoms with van der Waals surface area (Å²) in [5.41, 5.74) is 0.825. The van der Waals surface area contributed by atoms with Gasteiger partial charge in [-0.2, -0.15) is 8.42 Å². The van der Waals surface area contributed by atoms with Crippen molar-refractivity contribution in [3.63, 3.8) is 0 Å². The highest BCUT2D eigenvalue weighted by Crippen LogP contribution is 2.26. The third-order valence-electron chi connectivity index (χ3n) is 5.29. The number of para-hydroxylation sites is 2. The second-order valence-corrected chi connectivity index (χ2v) is 10.1. The average Bonchev–Trinajstić information content (AvgIpc) is 2.96. The van der Waals surface area contributed by atoms with Crippen LogP contribution in [0.2, 0.25) is 0 Å². The monoisotopic (exact) mass is 559 g/mol. The van der Waals surface area contributed by atoms with Gasteiger partial charge in [0.15, 0.2) is 5.75 Å². The summed E-state index contributed by atoms with van der Waals surface area (Å²) in [6.45, 7) is 1.02. The smallest absolute Gasteiger partial charge is 0.295 e. The number of hydrogen-bond acceptors (Lipinski definition) is 7. The number of nitrogens with one attached hydrogen (secondary N) is 3. The van der Waals surface area contributed by atoms with Gasteiger partial charge in [-0.25, -0.2) is 4.98 Å². The highest BCUT2D eigenvalue weighted by molar-refractivity contribution is 7.92. The molecule has 4 rings (SSSR count). The van der Waals surface area contributed by atoms with Crippen molar-refractivity contribution in [2.45, 2.75) is 11.8 Å². The number of carbonyl (C=O) groups is 3. The van der Waals surface area contributed by atoms with Crippen LogP contribution in [0.4, 0.5) is 17.2 Å². The molecule has 0 radical (unpaired) electrons. The number of anilines is 3. The Morgan fingerprint density at radius 3 is 2.08 bits per heavy atom. The summed E-state index contributed by atoms with van der Waals surface area (Å²) in [7, 11) is -4.18. The topological polar surface area (TPSA) is 147 Å². The lowest BCUT2D eigenvalue weighted by atomic mass is 10.2. The standard InChI is InChI=1S/C28H25N5O6S/c1-20(34)31-26-17-14-22(18-29-26)32-27(35)19-30-28(36)21-12-15-25(16-13-21)40(37,38)33(23-8-4-2-5-9-23)39-24-10-6-3-7-11-24/h2-18H,19H2,1H3,(H,30,36)(H,32,35)(H,29,31,34). The van der Waals surface area contributed by atoms with E-state index in [4.69, 9.17) is 4.84 Å². The number of amides is 3. The second kappa shape index (κ2) is 12.5. The summed E-state index contributed by atoms with van der Waals surface area (Å²) in [6, 6.07) is 25.2. The van der Waals surface area contributed by atoms with E-state index in [9.17, 15) is 22.8 Å². The summed E-state index contributed by atoms with van der Waals surface area (Å²) in [4.78, 5) is 45.5. The van der Waals surface area contributed by atoms with Crippen LogP contribution in [0.25, 0.3) is 0 Å². The Bertz CT molecular complexity index is 1580. The minimum absolute atomic E-state index is 0.100. The van der Waals surface area contributed by atoms with E-state index in [-0.39, 0.29) is 22.9 Å². The van der Waals surface area contributed by atoms with Crippen molar-refractivity contribution in [3.8, 4) is 5.75 Å². The molecule has 204 valence electrons. The number of pyridine rings is 1. The molecule has 0 fully saturated rings. The lowest BCUT2D eigenvalue weighted by Crippen LogP contribution is -2.34. The molecule has 3 aromatic carbocycles. The SMILES string of the molecule is CC(=O)Nc1ccc(NC(=O)CNC(=O)c2ccc(S(=O)(=O)N(Oc3ccccc3)c3ccccc3)cc2)cn1. The van der Waals surface area contributed by atoms with Crippen LogP contribution in [0, 0.1) is 0 Å². The fraction of sp³-hybridized carbons (Fsp3) is 0.0714. The molecule has 0 bridgehead atoms. The quantitative estimate of drug-likeness (QED) is 0.252. The summed E-state index contributed by atoms with van der Waals surface area (Å²) in [5.74, 6) is -0.685. The van der Waals surface area contributed by atoms with Gasteiger partial charge in [0.1, 0.15) is 5.82 Å². The van der Waals surface area contributed by atoms with Crippen molar-refractivity contribution >= 4 is 44.9 Å². The lowest BCUT2D eigenvalue weighted by Gasteiger charge is -2.24. The van der Waals surface area contributed by atoms with E-state index in [1.54, 1.807) is 66.7 Å². The minimum atomic E-state index is -4.18. The van der Waals surface area contributed by atoms with E-state index in [1.165, 1.54) is 43.5 Å². The van der Waals surface area contributed by atoms with Gasteiger partial charge in [0.25, 0.3) is 15.9 Å². The third kappa shape index (κ3) is 7.20. The van der Waals surface area contributed by atoms with Crippen molar-refractivity contribution in [3.05, 3.63) is 109 Å². The molecule has 0 aliphatic heterocycles. The molecule has 1 heterocycles. The molecule has 4 aromatic rings. The zero-order valence-corrected chi connectivity index (χ0v) is 22.1. The predicted molar refractivity (Wildman–Crippen MR) is 149 cm³/mol. The molecule has 0 saturated carbocycles. The number of rotatable bonds is 10. The van der Waals surface area contributed by atoms with Crippen molar-refractivity contribution < 1.29 is 27.6 Å². The van der Waals surface area contributed by atoms with E-state index in [1.807, 2.05) is 0 Å². The molecule has 3 N–H and O–H groups in total. The first-order valence-corrected chi connectivity index (χ1v) is 13.4. The van der Waals surface area contributed by atoms with Crippen LogP contribution in [-0.4, -0.2) is 37.7 Å². The van der Waals surface area contributed by atoms with Crippen LogP contribution in [0.15, 0.2) is 108 Å². The third-order valence-corrected chi connectivity index (χ3v) is 6.88. The second-order valence-electron chi connectivity index (χ2n) is 8.34. The summed E-state index contributed by atoms with van der Waals surface area (Å²) in [5, 5.41) is 7.58. The fourth-order valence-electron chi connectivity index (χ4n) is 3.43. The van der Waals surface area contributed by atoms with Crippen LogP contribution in [-0.2, 0) is 19.6 Å². The van der Waals surface area contributed by atoms with Gasteiger partial charge in [0.2, 0.25) is 11.8 Å². The molecule has 0 spiro atoms. The van der Waals surface area contributed by atoms with Gasteiger partial charge >= 0.3 is 0 Å². The van der Waals surface area contributed by atoms with Gasteiger partial charge in [-0.1, -0.05) is 40.9 Å². The normalized spacial score (nSPS) is 10.7. The number of aromatic nitrogens is 1. The largest absolute Gasteiger partial charge is 0.364 e. The maximum atomic E-state index is 13.5. The van der Waals surface area contributed by atoms with E-state index < -0.39 is 21.8 Å². The van der Waals surface area contributed by atoms with E-state index in [0.717, 1.165) is 4.47 Å². The Morgan fingerprint density at radius 2 is 1.48 bits per heavy atom. The minimum Gasteiger partial charge on any atom is -0.364 e. The predicted octanol–water partition coefficient (Wildman–Crippen LogP) is 3.60. The van der Waals surface area contributed by atoms with Gasteiger partial charge in [-0.3, -0.25) is 14.4 Å². The van der Waals surface area contributed by atoms with Crippen molar-refractivity contribution in [1.82, 2.24) is 10.3 Å². The van der Waals surface area contributed by atoms with Crippen LogP contribution >= 0.6 is 0 Å². The zero-order valence-electron chi connectivity index (χ0n) is 21.3. The maximum Gasteiger partial charge on any atom is 0.295 e. The molecule has 0 saturated heterocycles. The Morgan fingerprint density at radius 1 is 0.825 bits per heavy atom. The zero-order chi connectivity index (χ0) is 28.5. The summed E-state index contributed by atoms with van der Waals surface area (Å²) in [6.07, 6.45) is 1.37. The van der Waals surface area contributed by atoms with Gasteiger partial charge in [0.05, 0.1) is 29.0 Å². The van der Waals surface area contributed by atoms with Crippen LogP contribution in [0.3, 0.4) is 0 Å². The van der Waals surface area contributed by atoms with E-state index in [0.29, 0.717) is 22.9 Å². The Kier molecular flexibility index (Phi) is 8.72. The molecule has 1 aromatic heterocycles. The molecule has 0 aliphatic carbocycles. The van der Waals surface area contributed by atoms with Crippen molar-refractivity contribution in [2.24, 2.45) is 0 Å².